The first kappa shape index (κ1) is 14.6. The monoisotopic (exact) mass is 341 g/mol. The molecule has 0 aliphatic heterocycles. The minimum atomic E-state index is 0.00458. The Kier molecular flexibility index (Phi) is 5.02. The highest BCUT2D eigenvalue weighted by molar-refractivity contribution is 9.10. The molecule has 0 bridgehead atoms. The molecule has 2 rings (SSSR count). The summed E-state index contributed by atoms with van der Waals surface area (Å²) in [6, 6.07) is 5.90. The van der Waals surface area contributed by atoms with Gasteiger partial charge in [-0.1, -0.05) is 34.5 Å². The summed E-state index contributed by atoms with van der Waals surface area (Å²) >= 11 is 9.84. The molecule has 0 fully saturated rings. The van der Waals surface area contributed by atoms with E-state index in [9.17, 15) is 0 Å². The Morgan fingerprint density at radius 1 is 1.42 bits per heavy atom. The molecular formula is C14H17BrClN3. The Hall–Kier alpha value is -0.840. The van der Waals surface area contributed by atoms with Crippen LogP contribution in [0.2, 0.25) is 5.02 Å². The number of aryl methyl sites for hydroxylation is 1. The minimum Gasteiger partial charge on any atom is -0.334 e. The van der Waals surface area contributed by atoms with Crippen LogP contribution in [-0.2, 0) is 6.54 Å². The van der Waals surface area contributed by atoms with Gasteiger partial charge in [-0.25, -0.2) is 4.98 Å². The third kappa shape index (κ3) is 3.19. The Bertz CT molecular complexity index is 553. The minimum absolute atomic E-state index is 0.00458. The quantitative estimate of drug-likeness (QED) is 0.889. The first-order valence-electron chi connectivity index (χ1n) is 6.36. The maximum Gasteiger partial charge on any atom is 0.130 e. The van der Waals surface area contributed by atoms with Crippen LogP contribution < -0.4 is 5.32 Å². The maximum atomic E-state index is 6.34. The number of benzene rings is 1. The van der Waals surface area contributed by atoms with E-state index in [1.807, 2.05) is 30.6 Å². The van der Waals surface area contributed by atoms with Crippen LogP contribution in [0, 0.1) is 0 Å². The van der Waals surface area contributed by atoms with Gasteiger partial charge in [-0.05, 0) is 37.2 Å². The highest BCUT2D eigenvalue weighted by Crippen LogP contribution is 2.30. The second kappa shape index (κ2) is 6.55. The topological polar surface area (TPSA) is 29.9 Å². The fourth-order valence-electron chi connectivity index (χ4n) is 2.13. The lowest BCUT2D eigenvalue weighted by atomic mass is 10.1. The van der Waals surface area contributed by atoms with E-state index in [4.69, 9.17) is 11.6 Å². The Morgan fingerprint density at radius 3 is 2.89 bits per heavy atom. The average molecular weight is 343 g/mol. The third-order valence-electron chi connectivity index (χ3n) is 3.02. The van der Waals surface area contributed by atoms with E-state index in [0.29, 0.717) is 0 Å². The van der Waals surface area contributed by atoms with E-state index >= 15 is 0 Å². The van der Waals surface area contributed by atoms with Gasteiger partial charge >= 0.3 is 0 Å². The maximum absolute atomic E-state index is 6.34. The van der Waals surface area contributed by atoms with Crippen LogP contribution >= 0.6 is 27.5 Å². The molecular weight excluding hydrogens is 326 g/mol. The summed E-state index contributed by atoms with van der Waals surface area (Å²) in [7, 11) is 0. The molecule has 1 unspecified atom stereocenters. The van der Waals surface area contributed by atoms with Crippen molar-refractivity contribution in [1.29, 1.82) is 0 Å². The van der Waals surface area contributed by atoms with E-state index in [2.05, 4.69) is 44.6 Å². The van der Waals surface area contributed by atoms with Crippen molar-refractivity contribution in [2.24, 2.45) is 0 Å². The molecule has 0 amide bonds. The largest absolute Gasteiger partial charge is 0.334 e. The number of nitrogens with zero attached hydrogens (tertiary/aromatic N) is 2. The molecule has 0 aliphatic carbocycles. The highest BCUT2D eigenvalue weighted by atomic mass is 79.9. The summed E-state index contributed by atoms with van der Waals surface area (Å²) in [5.41, 5.74) is 1.04. The molecule has 5 heteroatoms. The summed E-state index contributed by atoms with van der Waals surface area (Å²) in [4.78, 5) is 4.48. The molecule has 2 aromatic rings. The number of nitrogens with one attached hydrogen (secondary N) is 1. The molecule has 0 aliphatic rings. The zero-order valence-electron chi connectivity index (χ0n) is 11.0. The number of imidazole rings is 1. The van der Waals surface area contributed by atoms with Crippen molar-refractivity contribution in [2.75, 3.05) is 6.54 Å². The fraction of sp³-hybridized carbons (Fsp3) is 0.357. The first-order chi connectivity index (χ1) is 9.17. The Balaban J connectivity index is 2.48. The van der Waals surface area contributed by atoms with Gasteiger partial charge in [0, 0.05) is 28.4 Å². The van der Waals surface area contributed by atoms with Gasteiger partial charge in [-0.3, -0.25) is 0 Å². The Labute approximate surface area is 127 Å². The fourth-order valence-corrected chi connectivity index (χ4v) is 2.73. The van der Waals surface area contributed by atoms with Crippen molar-refractivity contribution in [3.05, 3.63) is 51.5 Å². The summed E-state index contributed by atoms with van der Waals surface area (Å²) < 4.78 is 3.15. The summed E-state index contributed by atoms with van der Waals surface area (Å²) in [5, 5.41) is 4.21. The zero-order valence-corrected chi connectivity index (χ0v) is 13.4. The van der Waals surface area contributed by atoms with Crippen LogP contribution in [0.25, 0.3) is 0 Å². The van der Waals surface area contributed by atoms with Gasteiger partial charge in [0.1, 0.15) is 5.82 Å². The smallest absolute Gasteiger partial charge is 0.130 e. The van der Waals surface area contributed by atoms with Crippen LogP contribution in [0.4, 0.5) is 0 Å². The normalized spacial score (nSPS) is 12.6. The van der Waals surface area contributed by atoms with Crippen molar-refractivity contribution in [2.45, 2.75) is 26.4 Å². The molecule has 3 nitrogen and oxygen atoms in total. The number of hydrogen-bond acceptors (Lipinski definition) is 2. The van der Waals surface area contributed by atoms with Gasteiger partial charge in [0.15, 0.2) is 0 Å². The summed E-state index contributed by atoms with van der Waals surface area (Å²) in [6.07, 6.45) is 3.82. The zero-order chi connectivity index (χ0) is 13.8. The Morgan fingerprint density at radius 2 is 2.21 bits per heavy atom. The molecule has 102 valence electrons. The molecule has 1 atom stereocenters. The SMILES string of the molecule is CCNC(c1cc(Br)ccc1Cl)c1nccn1CC. The molecule has 1 N–H and O–H groups in total. The van der Waals surface area contributed by atoms with Crippen molar-refractivity contribution >= 4 is 27.5 Å². The second-order valence-corrected chi connectivity index (χ2v) is 5.55. The van der Waals surface area contributed by atoms with E-state index in [0.717, 1.165) is 34.0 Å². The van der Waals surface area contributed by atoms with Gasteiger partial charge in [-0.15, -0.1) is 0 Å². The lowest BCUT2D eigenvalue weighted by Crippen LogP contribution is -2.25. The van der Waals surface area contributed by atoms with E-state index < -0.39 is 0 Å². The highest BCUT2D eigenvalue weighted by Gasteiger charge is 2.20. The van der Waals surface area contributed by atoms with Gasteiger partial charge in [0.2, 0.25) is 0 Å². The second-order valence-electron chi connectivity index (χ2n) is 4.23. The van der Waals surface area contributed by atoms with Crippen LogP contribution in [0.3, 0.4) is 0 Å². The molecule has 1 heterocycles. The number of aromatic nitrogens is 2. The molecule has 19 heavy (non-hydrogen) atoms. The van der Waals surface area contributed by atoms with Crippen molar-refractivity contribution in [3.63, 3.8) is 0 Å². The number of hydrogen-bond donors (Lipinski definition) is 1. The predicted molar refractivity (Wildman–Crippen MR) is 82.6 cm³/mol. The average Bonchev–Trinajstić information content (AvgIpc) is 2.87. The standard InChI is InChI=1S/C14H17BrClN3/c1-3-17-13(14-18-7-8-19(14)4-2)11-9-10(15)5-6-12(11)16/h5-9,13,17H,3-4H2,1-2H3. The van der Waals surface area contributed by atoms with E-state index in [1.165, 1.54) is 0 Å². The molecule has 0 spiro atoms. The lowest BCUT2D eigenvalue weighted by molar-refractivity contribution is 0.559. The van der Waals surface area contributed by atoms with Crippen LogP contribution in [0.15, 0.2) is 35.1 Å². The first-order valence-corrected chi connectivity index (χ1v) is 7.53. The van der Waals surface area contributed by atoms with Crippen molar-refractivity contribution < 1.29 is 0 Å². The number of halogens is 2. The predicted octanol–water partition coefficient (Wildman–Crippen LogP) is 4.02. The van der Waals surface area contributed by atoms with Crippen molar-refractivity contribution in [1.82, 2.24) is 14.9 Å². The third-order valence-corrected chi connectivity index (χ3v) is 3.86. The van der Waals surface area contributed by atoms with Crippen LogP contribution in [-0.4, -0.2) is 16.1 Å². The van der Waals surface area contributed by atoms with Gasteiger partial charge < -0.3 is 9.88 Å². The summed E-state index contributed by atoms with van der Waals surface area (Å²) in [6.45, 7) is 5.93. The van der Waals surface area contributed by atoms with Crippen molar-refractivity contribution in [3.8, 4) is 0 Å². The molecule has 1 aromatic carbocycles. The van der Waals surface area contributed by atoms with Crippen LogP contribution in [0.5, 0.6) is 0 Å². The molecule has 0 saturated heterocycles. The van der Waals surface area contributed by atoms with Crippen LogP contribution in [0.1, 0.15) is 31.3 Å². The molecule has 0 radical (unpaired) electrons. The van der Waals surface area contributed by atoms with Gasteiger partial charge in [0.05, 0.1) is 6.04 Å². The van der Waals surface area contributed by atoms with Gasteiger partial charge in [-0.2, -0.15) is 0 Å². The lowest BCUT2D eigenvalue weighted by Gasteiger charge is -2.20. The summed E-state index contributed by atoms with van der Waals surface area (Å²) in [5.74, 6) is 0.990. The van der Waals surface area contributed by atoms with Gasteiger partial charge in [0.25, 0.3) is 0 Å². The van der Waals surface area contributed by atoms with E-state index in [-0.39, 0.29) is 6.04 Å². The number of rotatable bonds is 5. The molecule has 0 saturated carbocycles. The van der Waals surface area contributed by atoms with E-state index in [1.54, 1.807) is 0 Å². The molecule has 1 aromatic heterocycles.